The standard InChI is InChI=1S/C19H24N2O2/c1-4-14-12-21(10-8-13(14)2)19(22)16-7-9-20-18-6-5-15(23-3)11-17(16)18/h5-7,9,11,13-14H,4,8,10,12H2,1-3H3. The first-order chi connectivity index (χ1) is 11.1. The highest BCUT2D eigenvalue weighted by molar-refractivity contribution is 6.06. The molecule has 1 saturated heterocycles. The molecule has 1 aromatic heterocycles. The Morgan fingerprint density at radius 2 is 2.22 bits per heavy atom. The molecule has 23 heavy (non-hydrogen) atoms. The molecule has 1 aliphatic rings. The minimum absolute atomic E-state index is 0.107. The average Bonchev–Trinajstić information content (AvgIpc) is 2.60. The van der Waals surface area contributed by atoms with E-state index in [0.717, 1.165) is 48.1 Å². The van der Waals surface area contributed by atoms with Gasteiger partial charge in [0.2, 0.25) is 0 Å². The predicted octanol–water partition coefficient (Wildman–Crippen LogP) is 3.75. The quantitative estimate of drug-likeness (QED) is 0.867. The highest BCUT2D eigenvalue weighted by atomic mass is 16.5. The Labute approximate surface area is 137 Å². The lowest BCUT2D eigenvalue weighted by Gasteiger charge is -2.37. The normalized spacial score (nSPS) is 21.4. The van der Waals surface area contributed by atoms with Crippen molar-refractivity contribution in [2.75, 3.05) is 20.2 Å². The summed E-state index contributed by atoms with van der Waals surface area (Å²) in [5.74, 6) is 2.14. The summed E-state index contributed by atoms with van der Waals surface area (Å²) in [6.07, 6.45) is 3.92. The summed E-state index contributed by atoms with van der Waals surface area (Å²) in [7, 11) is 1.64. The van der Waals surface area contributed by atoms with Crippen LogP contribution >= 0.6 is 0 Å². The molecule has 2 unspecified atom stereocenters. The zero-order chi connectivity index (χ0) is 16.4. The van der Waals surface area contributed by atoms with Crippen molar-refractivity contribution in [1.29, 1.82) is 0 Å². The van der Waals surface area contributed by atoms with Crippen molar-refractivity contribution < 1.29 is 9.53 Å². The number of hydrogen-bond acceptors (Lipinski definition) is 3. The summed E-state index contributed by atoms with van der Waals surface area (Å²) in [4.78, 5) is 19.4. The van der Waals surface area contributed by atoms with Crippen LogP contribution in [0.3, 0.4) is 0 Å². The van der Waals surface area contributed by atoms with E-state index in [4.69, 9.17) is 4.74 Å². The summed E-state index contributed by atoms with van der Waals surface area (Å²) >= 11 is 0. The fourth-order valence-corrected chi connectivity index (χ4v) is 3.47. The Hall–Kier alpha value is -2.10. The molecule has 3 rings (SSSR count). The SMILES string of the molecule is CCC1CN(C(=O)c2ccnc3ccc(OC)cc23)CCC1C. The van der Waals surface area contributed by atoms with Gasteiger partial charge < -0.3 is 9.64 Å². The molecule has 1 aromatic carbocycles. The number of aromatic nitrogens is 1. The fraction of sp³-hybridized carbons (Fsp3) is 0.474. The molecule has 0 bridgehead atoms. The number of nitrogens with zero attached hydrogens (tertiary/aromatic N) is 2. The van der Waals surface area contributed by atoms with Crippen molar-refractivity contribution in [2.24, 2.45) is 11.8 Å². The van der Waals surface area contributed by atoms with E-state index < -0.39 is 0 Å². The molecule has 2 aromatic rings. The average molecular weight is 312 g/mol. The minimum Gasteiger partial charge on any atom is -0.497 e. The Morgan fingerprint density at radius 3 is 2.96 bits per heavy atom. The third-order valence-corrected chi connectivity index (χ3v) is 5.10. The Morgan fingerprint density at radius 1 is 1.39 bits per heavy atom. The van der Waals surface area contributed by atoms with Crippen molar-refractivity contribution in [1.82, 2.24) is 9.88 Å². The van der Waals surface area contributed by atoms with Gasteiger partial charge in [-0.25, -0.2) is 0 Å². The van der Waals surface area contributed by atoms with Crippen LogP contribution in [0.25, 0.3) is 10.9 Å². The molecule has 2 atom stereocenters. The monoisotopic (exact) mass is 312 g/mol. The van der Waals surface area contributed by atoms with Gasteiger partial charge in [0.25, 0.3) is 5.91 Å². The van der Waals surface area contributed by atoms with Crippen molar-refractivity contribution in [3.8, 4) is 5.75 Å². The molecule has 4 heteroatoms. The molecule has 0 saturated carbocycles. The van der Waals surface area contributed by atoms with E-state index in [1.165, 1.54) is 0 Å². The highest BCUT2D eigenvalue weighted by Gasteiger charge is 2.28. The lowest BCUT2D eigenvalue weighted by molar-refractivity contribution is 0.0607. The molecule has 1 aliphatic heterocycles. The molecule has 1 amide bonds. The molecule has 2 heterocycles. The molecule has 0 N–H and O–H groups in total. The third kappa shape index (κ3) is 3.03. The number of ether oxygens (including phenoxy) is 1. The zero-order valence-electron chi connectivity index (χ0n) is 14.1. The number of pyridine rings is 1. The van der Waals surface area contributed by atoms with Crippen LogP contribution in [0.2, 0.25) is 0 Å². The van der Waals surface area contributed by atoms with Crippen molar-refractivity contribution in [3.05, 3.63) is 36.0 Å². The second-order valence-corrected chi connectivity index (χ2v) is 6.43. The summed E-state index contributed by atoms with van der Waals surface area (Å²) in [5.41, 5.74) is 1.55. The Kier molecular flexibility index (Phi) is 4.51. The molecule has 1 fully saturated rings. The Balaban J connectivity index is 1.94. The maximum atomic E-state index is 13.0. The third-order valence-electron chi connectivity index (χ3n) is 5.10. The number of carbonyl (C=O) groups excluding carboxylic acids is 1. The molecule has 4 nitrogen and oxygen atoms in total. The number of amides is 1. The van der Waals surface area contributed by atoms with E-state index in [9.17, 15) is 4.79 Å². The minimum atomic E-state index is 0.107. The molecule has 0 spiro atoms. The highest BCUT2D eigenvalue weighted by Crippen LogP contribution is 2.28. The summed E-state index contributed by atoms with van der Waals surface area (Å²) < 4.78 is 5.30. The number of benzene rings is 1. The Bertz CT molecular complexity index is 714. The number of rotatable bonds is 3. The van der Waals surface area contributed by atoms with Crippen LogP contribution in [0.4, 0.5) is 0 Å². The number of methoxy groups -OCH3 is 1. The first kappa shape index (κ1) is 15.8. The van der Waals surface area contributed by atoms with Crippen molar-refractivity contribution in [3.63, 3.8) is 0 Å². The van der Waals surface area contributed by atoms with E-state index in [-0.39, 0.29) is 5.91 Å². The van der Waals surface area contributed by atoms with Crippen LogP contribution in [0.5, 0.6) is 5.75 Å². The van der Waals surface area contributed by atoms with Crippen LogP contribution in [0, 0.1) is 11.8 Å². The first-order valence-corrected chi connectivity index (χ1v) is 8.36. The summed E-state index contributed by atoms with van der Waals surface area (Å²) in [6.45, 7) is 6.19. The van der Waals surface area contributed by atoms with Gasteiger partial charge in [-0.15, -0.1) is 0 Å². The summed E-state index contributed by atoms with van der Waals surface area (Å²) in [6, 6.07) is 7.50. The largest absolute Gasteiger partial charge is 0.497 e. The number of fused-ring (bicyclic) bond motifs is 1. The number of hydrogen-bond donors (Lipinski definition) is 0. The molecule has 0 aliphatic carbocycles. The van der Waals surface area contributed by atoms with E-state index in [0.29, 0.717) is 11.8 Å². The van der Waals surface area contributed by atoms with Crippen LogP contribution < -0.4 is 4.74 Å². The van der Waals surface area contributed by atoms with E-state index in [1.54, 1.807) is 13.3 Å². The van der Waals surface area contributed by atoms with Gasteiger partial charge in [-0.1, -0.05) is 20.3 Å². The molecular formula is C19H24N2O2. The zero-order valence-corrected chi connectivity index (χ0v) is 14.1. The lowest BCUT2D eigenvalue weighted by Crippen LogP contribution is -2.43. The van der Waals surface area contributed by atoms with Gasteiger partial charge in [0, 0.05) is 24.7 Å². The lowest BCUT2D eigenvalue weighted by atomic mass is 9.85. The van der Waals surface area contributed by atoms with Gasteiger partial charge in [0.15, 0.2) is 0 Å². The van der Waals surface area contributed by atoms with Crippen LogP contribution in [0.15, 0.2) is 30.5 Å². The van der Waals surface area contributed by atoms with Crippen LogP contribution in [-0.2, 0) is 0 Å². The summed E-state index contributed by atoms with van der Waals surface area (Å²) in [5, 5.41) is 0.864. The topological polar surface area (TPSA) is 42.4 Å². The smallest absolute Gasteiger partial charge is 0.254 e. The van der Waals surface area contributed by atoms with E-state index in [1.807, 2.05) is 29.2 Å². The predicted molar refractivity (Wildman–Crippen MR) is 91.8 cm³/mol. The number of carbonyl (C=O) groups is 1. The first-order valence-electron chi connectivity index (χ1n) is 8.36. The second-order valence-electron chi connectivity index (χ2n) is 6.43. The van der Waals surface area contributed by atoms with Gasteiger partial charge in [-0.2, -0.15) is 0 Å². The van der Waals surface area contributed by atoms with Crippen LogP contribution in [-0.4, -0.2) is 36.0 Å². The number of piperidine rings is 1. The van der Waals surface area contributed by atoms with Gasteiger partial charge in [-0.05, 0) is 42.5 Å². The van der Waals surface area contributed by atoms with E-state index in [2.05, 4.69) is 18.8 Å². The van der Waals surface area contributed by atoms with Crippen LogP contribution in [0.1, 0.15) is 37.0 Å². The molecule has 0 radical (unpaired) electrons. The maximum Gasteiger partial charge on any atom is 0.254 e. The fourth-order valence-electron chi connectivity index (χ4n) is 3.47. The number of likely N-dealkylation sites (tertiary alicyclic amines) is 1. The molecule has 122 valence electrons. The van der Waals surface area contributed by atoms with Crippen molar-refractivity contribution in [2.45, 2.75) is 26.7 Å². The second kappa shape index (κ2) is 6.57. The maximum absolute atomic E-state index is 13.0. The van der Waals surface area contributed by atoms with Gasteiger partial charge in [-0.3, -0.25) is 9.78 Å². The van der Waals surface area contributed by atoms with Gasteiger partial charge in [0.05, 0.1) is 18.2 Å². The van der Waals surface area contributed by atoms with Gasteiger partial charge in [0.1, 0.15) is 5.75 Å². The van der Waals surface area contributed by atoms with Crippen molar-refractivity contribution >= 4 is 16.8 Å². The molecular weight excluding hydrogens is 288 g/mol. The van der Waals surface area contributed by atoms with E-state index >= 15 is 0 Å². The van der Waals surface area contributed by atoms with Gasteiger partial charge >= 0.3 is 0 Å².